The molecule has 0 aliphatic carbocycles. The van der Waals surface area contributed by atoms with Crippen molar-refractivity contribution in [2.45, 2.75) is 13.8 Å². The van der Waals surface area contributed by atoms with Gasteiger partial charge in [0, 0.05) is 27.5 Å². The number of anilines is 2. The number of halogens is 2. The van der Waals surface area contributed by atoms with Crippen molar-refractivity contribution in [2.24, 2.45) is 0 Å². The fourth-order valence-electron chi connectivity index (χ4n) is 2.13. The molecule has 0 radical (unpaired) electrons. The minimum Gasteiger partial charge on any atom is -0.490 e. The molecule has 6 nitrogen and oxygen atoms in total. The first kappa shape index (κ1) is 19.9. The van der Waals surface area contributed by atoms with Crippen LogP contribution in [0.15, 0.2) is 36.4 Å². The molecule has 0 atom stereocenters. The Morgan fingerprint density at radius 1 is 0.808 bits per heavy atom. The predicted octanol–water partition coefficient (Wildman–Crippen LogP) is 4.37. The first-order valence-electron chi connectivity index (χ1n) is 7.91. The van der Waals surface area contributed by atoms with Crippen molar-refractivity contribution in [1.29, 1.82) is 0 Å². The molecular formula is C18H18Cl2N2O4. The molecule has 8 heteroatoms. The van der Waals surface area contributed by atoms with Crippen LogP contribution < -0.4 is 20.1 Å². The summed E-state index contributed by atoms with van der Waals surface area (Å²) >= 11 is 11.7. The average molecular weight is 397 g/mol. The summed E-state index contributed by atoms with van der Waals surface area (Å²) in [5.74, 6) is -0.651. The molecule has 2 rings (SSSR count). The Kier molecular flexibility index (Phi) is 7.12. The molecular weight excluding hydrogens is 379 g/mol. The molecule has 0 aliphatic rings. The van der Waals surface area contributed by atoms with Crippen LogP contribution in [0.2, 0.25) is 10.0 Å². The van der Waals surface area contributed by atoms with Crippen LogP contribution in [0.4, 0.5) is 11.4 Å². The fraction of sp³-hybridized carbons (Fsp3) is 0.222. The van der Waals surface area contributed by atoms with Gasteiger partial charge in [-0.25, -0.2) is 0 Å². The van der Waals surface area contributed by atoms with Crippen molar-refractivity contribution >= 4 is 46.4 Å². The Morgan fingerprint density at radius 2 is 1.35 bits per heavy atom. The van der Waals surface area contributed by atoms with E-state index in [9.17, 15) is 9.59 Å². The monoisotopic (exact) mass is 396 g/mol. The number of carbonyl (C=O) groups excluding carboxylic acids is 2. The third kappa shape index (κ3) is 5.54. The molecule has 0 saturated heterocycles. The second-order valence-corrected chi connectivity index (χ2v) is 5.97. The molecule has 0 aromatic heterocycles. The third-order valence-electron chi connectivity index (χ3n) is 3.13. The van der Waals surface area contributed by atoms with E-state index in [2.05, 4.69) is 10.6 Å². The second kappa shape index (κ2) is 9.31. The molecule has 0 spiro atoms. The summed E-state index contributed by atoms with van der Waals surface area (Å²) in [7, 11) is 0. The molecule has 26 heavy (non-hydrogen) atoms. The number of carbonyl (C=O) groups is 2. The van der Waals surface area contributed by atoms with E-state index in [0.717, 1.165) is 0 Å². The van der Waals surface area contributed by atoms with Crippen LogP contribution in [0, 0.1) is 0 Å². The first-order chi connectivity index (χ1) is 12.4. The minimum atomic E-state index is -0.852. The van der Waals surface area contributed by atoms with Crippen LogP contribution >= 0.6 is 23.2 Å². The number of benzene rings is 2. The van der Waals surface area contributed by atoms with Crippen molar-refractivity contribution < 1.29 is 19.1 Å². The molecule has 0 saturated carbocycles. The van der Waals surface area contributed by atoms with Gasteiger partial charge in [0.2, 0.25) is 0 Å². The highest BCUT2D eigenvalue weighted by molar-refractivity contribution is 6.44. The van der Waals surface area contributed by atoms with Crippen LogP contribution in [0.5, 0.6) is 11.5 Å². The van der Waals surface area contributed by atoms with Crippen LogP contribution in [0.1, 0.15) is 13.8 Å². The van der Waals surface area contributed by atoms with Gasteiger partial charge in [-0.1, -0.05) is 23.2 Å². The fourth-order valence-corrected chi connectivity index (χ4v) is 2.66. The molecule has 2 aromatic carbocycles. The van der Waals surface area contributed by atoms with E-state index in [1.54, 1.807) is 18.2 Å². The lowest BCUT2D eigenvalue weighted by Gasteiger charge is -2.13. The molecule has 0 unspecified atom stereocenters. The molecule has 2 amide bonds. The van der Waals surface area contributed by atoms with Crippen molar-refractivity contribution in [3.63, 3.8) is 0 Å². The molecule has 138 valence electrons. The van der Waals surface area contributed by atoms with E-state index in [1.165, 1.54) is 18.2 Å². The lowest BCUT2D eigenvalue weighted by Crippen LogP contribution is -2.29. The van der Waals surface area contributed by atoms with Crippen molar-refractivity contribution in [3.8, 4) is 11.5 Å². The van der Waals surface area contributed by atoms with E-state index < -0.39 is 11.8 Å². The van der Waals surface area contributed by atoms with Gasteiger partial charge in [0.05, 0.1) is 13.2 Å². The highest BCUT2D eigenvalue weighted by atomic mass is 35.5. The summed E-state index contributed by atoms with van der Waals surface area (Å²) < 4.78 is 10.9. The third-order valence-corrected chi connectivity index (χ3v) is 3.56. The predicted molar refractivity (Wildman–Crippen MR) is 103 cm³/mol. The van der Waals surface area contributed by atoms with Gasteiger partial charge >= 0.3 is 11.8 Å². The second-order valence-electron chi connectivity index (χ2n) is 5.09. The number of ether oxygens (including phenoxy) is 2. The van der Waals surface area contributed by atoms with Crippen molar-refractivity contribution in [3.05, 3.63) is 46.4 Å². The Morgan fingerprint density at radius 3 is 1.92 bits per heavy atom. The summed E-state index contributed by atoms with van der Waals surface area (Å²) in [6.07, 6.45) is 0. The smallest absolute Gasteiger partial charge is 0.314 e. The number of rotatable bonds is 6. The van der Waals surface area contributed by atoms with E-state index in [1.807, 2.05) is 13.8 Å². The largest absolute Gasteiger partial charge is 0.490 e. The topological polar surface area (TPSA) is 76.7 Å². The molecule has 2 N–H and O–H groups in total. The van der Waals surface area contributed by atoms with Crippen LogP contribution in [-0.2, 0) is 9.59 Å². The lowest BCUT2D eigenvalue weighted by molar-refractivity contribution is -0.132. The molecule has 0 fully saturated rings. The maximum Gasteiger partial charge on any atom is 0.314 e. The molecule has 0 heterocycles. The van der Waals surface area contributed by atoms with Gasteiger partial charge in [-0.05, 0) is 44.2 Å². The summed E-state index contributed by atoms with van der Waals surface area (Å²) in [6, 6.07) is 9.38. The van der Waals surface area contributed by atoms with Gasteiger partial charge in [-0.3, -0.25) is 9.59 Å². The summed E-state index contributed by atoms with van der Waals surface area (Å²) in [6.45, 7) is 4.62. The average Bonchev–Trinajstić information content (AvgIpc) is 2.56. The summed E-state index contributed by atoms with van der Waals surface area (Å²) in [5, 5.41) is 5.64. The van der Waals surface area contributed by atoms with Crippen LogP contribution in [0.3, 0.4) is 0 Å². The lowest BCUT2D eigenvalue weighted by atomic mass is 10.2. The summed E-state index contributed by atoms with van der Waals surface area (Å²) in [5.41, 5.74) is 0.727. The Bertz CT molecular complexity index is 792. The van der Waals surface area contributed by atoms with Gasteiger partial charge in [-0.15, -0.1) is 0 Å². The number of nitrogens with one attached hydrogen (secondary N) is 2. The molecule has 2 aromatic rings. The number of hydrogen-bond donors (Lipinski definition) is 2. The zero-order valence-electron chi connectivity index (χ0n) is 14.3. The van der Waals surface area contributed by atoms with Gasteiger partial charge < -0.3 is 20.1 Å². The quantitative estimate of drug-likeness (QED) is 0.710. The van der Waals surface area contributed by atoms with Crippen LogP contribution in [0.25, 0.3) is 0 Å². The van der Waals surface area contributed by atoms with E-state index in [4.69, 9.17) is 32.7 Å². The maximum absolute atomic E-state index is 12.1. The normalized spacial score (nSPS) is 10.2. The van der Waals surface area contributed by atoms with E-state index in [-0.39, 0.29) is 0 Å². The van der Waals surface area contributed by atoms with E-state index in [0.29, 0.717) is 46.1 Å². The van der Waals surface area contributed by atoms with Crippen molar-refractivity contribution in [2.75, 3.05) is 23.8 Å². The van der Waals surface area contributed by atoms with Gasteiger partial charge in [0.15, 0.2) is 11.5 Å². The number of hydrogen-bond acceptors (Lipinski definition) is 4. The number of amides is 2. The van der Waals surface area contributed by atoms with E-state index >= 15 is 0 Å². The van der Waals surface area contributed by atoms with Crippen LogP contribution in [-0.4, -0.2) is 25.0 Å². The SMILES string of the molecule is CCOc1ccc(NC(=O)C(=O)Nc2cc(Cl)cc(Cl)c2)cc1OCC. The van der Waals surface area contributed by atoms with Gasteiger partial charge in [-0.2, -0.15) is 0 Å². The first-order valence-corrected chi connectivity index (χ1v) is 8.66. The highest BCUT2D eigenvalue weighted by Gasteiger charge is 2.16. The maximum atomic E-state index is 12.1. The molecule has 0 bridgehead atoms. The van der Waals surface area contributed by atoms with Crippen molar-refractivity contribution in [1.82, 2.24) is 0 Å². The Balaban J connectivity index is 2.08. The Labute approximate surface area is 161 Å². The van der Waals surface area contributed by atoms with Gasteiger partial charge in [0.25, 0.3) is 0 Å². The zero-order chi connectivity index (χ0) is 19.1. The standard InChI is InChI=1S/C18H18Cl2N2O4/c1-3-25-15-6-5-13(10-16(15)26-4-2)21-17(23)18(24)22-14-8-11(19)7-12(20)9-14/h5-10H,3-4H2,1-2H3,(H,21,23)(H,22,24). The summed E-state index contributed by atoms with van der Waals surface area (Å²) in [4.78, 5) is 24.2. The Hall–Kier alpha value is -2.44. The van der Waals surface area contributed by atoms with Gasteiger partial charge in [0.1, 0.15) is 0 Å². The molecule has 0 aliphatic heterocycles. The minimum absolute atomic E-state index is 0.323. The highest BCUT2D eigenvalue weighted by Crippen LogP contribution is 2.30. The zero-order valence-corrected chi connectivity index (χ0v) is 15.8.